The molecule has 0 aliphatic heterocycles. The average molecular weight is 279 g/mol. The van der Waals surface area contributed by atoms with Gasteiger partial charge >= 0.3 is 5.97 Å². The lowest BCUT2D eigenvalue weighted by molar-refractivity contribution is 0.0520. The Morgan fingerprint density at radius 2 is 2.10 bits per heavy atom. The van der Waals surface area contributed by atoms with E-state index in [1.165, 1.54) is 18.2 Å². The highest BCUT2D eigenvalue weighted by Crippen LogP contribution is 2.31. The van der Waals surface area contributed by atoms with Gasteiger partial charge in [0.15, 0.2) is 5.69 Å². The van der Waals surface area contributed by atoms with Crippen LogP contribution in [-0.4, -0.2) is 34.6 Å². The number of halogens is 1. The van der Waals surface area contributed by atoms with Crippen molar-refractivity contribution in [3.63, 3.8) is 0 Å². The van der Waals surface area contributed by atoms with E-state index in [4.69, 9.17) is 9.47 Å². The number of aromatic nitrogens is 3. The summed E-state index contributed by atoms with van der Waals surface area (Å²) < 4.78 is 23.5. The molecule has 7 heteroatoms. The number of esters is 1. The molecule has 0 spiro atoms. The van der Waals surface area contributed by atoms with Gasteiger partial charge in [0.2, 0.25) is 0 Å². The van der Waals surface area contributed by atoms with Gasteiger partial charge in [0.25, 0.3) is 0 Å². The molecule has 1 aromatic carbocycles. The second-order valence-corrected chi connectivity index (χ2v) is 3.81. The first-order chi connectivity index (χ1) is 9.67. The van der Waals surface area contributed by atoms with Crippen LogP contribution in [0.1, 0.15) is 24.3 Å². The third-order valence-corrected chi connectivity index (χ3v) is 2.52. The summed E-state index contributed by atoms with van der Waals surface area (Å²) in [5, 5.41) is 10.1. The summed E-state index contributed by atoms with van der Waals surface area (Å²) in [5.41, 5.74) is 0.788. The van der Waals surface area contributed by atoms with E-state index in [1.807, 2.05) is 0 Å². The molecule has 1 aromatic heterocycles. The first-order valence-electron chi connectivity index (χ1n) is 6.18. The third-order valence-electron chi connectivity index (χ3n) is 2.52. The molecule has 20 heavy (non-hydrogen) atoms. The Kier molecular flexibility index (Phi) is 4.29. The largest absolute Gasteiger partial charge is 0.493 e. The van der Waals surface area contributed by atoms with Crippen molar-refractivity contribution in [2.45, 2.75) is 13.8 Å². The Balaban J connectivity index is 2.46. The highest BCUT2D eigenvalue weighted by atomic mass is 19.1. The fourth-order valence-corrected chi connectivity index (χ4v) is 1.73. The number of hydrogen-bond donors (Lipinski definition) is 1. The molecule has 0 aliphatic rings. The van der Waals surface area contributed by atoms with Crippen molar-refractivity contribution >= 4 is 5.97 Å². The van der Waals surface area contributed by atoms with E-state index in [-0.39, 0.29) is 18.0 Å². The second-order valence-electron chi connectivity index (χ2n) is 3.81. The second kappa shape index (κ2) is 6.14. The fourth-order valence-electron chi connectivity index (χ4n) is 1.73. The van der Waals surface area contributed by atoms with Gasteiger partial charge in [-0.15, -0.1) is 5.10 Å². The van der Waals surface area contributed by atoms with E-state index in [2.05, 4.69) is 15.4 Å². The van der Waals surface area contributed by atoms with Crippen molar-refractivity contribution < 1.29 is 18.7 Å². The summed E-state index contributed by atoms with van der Waals surface area (Å²) >= 11 is 0. The number of nitrogens with zero attached hydrogens (tertiary/aromatic N) is 2. The minimum Gasteiger partial charge on any atom is -0.493 e. The van der Waals surface area contributed by atoms with Crippen molar-refractivity contribution in [3.05, 3.63) is 29.7 Å². The van der Waals surface area contributed by atoms with Gasteiger partial charge in [-0.1, -0.05) is 0 Å². The lowest BCUT2D eigenvalue weighted by Crippen LogP contribution is -2.07. The Bertz CT molecular complexity index is 613. The molecule has 2 aromatic rings. The number of rotatable bonds is 5. The van der Waals surface area contributed by atoms with Gasteiger partial charge in [0.1, 0.15) is 17.3 Å². The molecule has 0 fully saturated rings. The van der Waals surface area contributed by atoms with Crippen LogP contribution in [0.3, 0.4) is 0 Å². The van der Waals surface area contributed by atoms with Gasteiger partial charge < -0.3 is 9.47 Å². The van der Waals surface area contributed by atoms with Crippen LogP contribution < -0.4 is 4.74 Å². The lowest BCUT2D eigenvalue weighted by atomic mass is 10.1. The van der Waals surface area contributed by atoms with E-state index in [1.54, 1.807) is 13.8 Å². The molecule has 0 saturated carbocycles. The maximum absolute atomic E-state index is 13.3. The molecule has 0 amide bonds. The average Bonchev–Trinajstić information content (AvgIpc) is 2.89. The van der Waals surface area contributed by atoms with Crippen LogP contribution >= 0.6 is 0 Å². The molecule has 0 radical (unpaired) electrons. The Labute approximate surface area is 114 Å². The van der Waals surface area contributed by atoms with Crippen LogP contribution in [0.4, 0.5) is 4.39 Å². The SMILES string of the molecule is CCOC(=O)c1n[nH]nc1-c1ccc(F)cc1OCC. The Morgan fingerprint density at radius 1 is 1.30 bits per heavy atom. The number of nitrogens with one attached hydrogen (secondary N) is 1. The van der Waals surface area contributed by atoms with Gasteiger partial charge in [-0.25, -0.2) is 9.18 Å². The monoisotopic (exact) mass is 279 g/mol. The summed E-state index contributed by atoms with van der Waals surface area (Å²) in [6.45, 7) is 4.07. The van der Waals surface area contributed by atoms with Gasteiger partial charge in [-0.2, -0.15) is 10.3 Å². The molecule has 0 unspecified atom stereocenters. The standard InChI is InChI=1S/C13H14FN3O3/c1-3-19-10-7-8(14)5-6-9(10)11-12(16-17-15-11)13(18)20-4-2/h5-7H,3-4H2,1-2H3,(H,15,16,17). The molecule has 2 rings (SSSR count). The predicted octanol–water partition coefficient (Wildman–Crippen LogP) is 2.19. The summed E-state index contributed by atoms with van der Waals surface area (Å²) in [4.78, 5) is 11.8. The molecule has 6 nitrogen and oxygen atoms in total. The van der Waals surface area contributed by atoms with Gasteiger partial charge in [0, 0.05) is 11.6 Å². The summed E-state index contributed by atoms with van der Waals surface area (Å²) in [7, 11) is 0. The van der Waals surface area contributed by atoms with Crippen molar-refractivity contribution in [1.82, 2.24) is 15.4 Å². The van der Waals surface area contributed by atoms with Crippen molar-refractivity contribution in [1.29, 1.82) is 0 Å². The number of benzene rings is 1. The highest BCUT2D eigenvalue weighted by molar-refractivity contribution is 5.94. The molecule has 0 bridgehead atoms. The first-order valence-corrected chi connectivity index (χ1v) is 6.18. The molecule has 1 N–H and O–H groups in total. The maximum atomic E-state index is 13.3. The zero-order valence-electron chi connectivity index (χ0n) is 11.1. The number of aromatic amines is 1. The molecular weight excluding hydrogens is 265 g/mol. The first kappa shape index (κ1) is 14.0. The van der Waals surface area contributed by atoms with Crippen LogP contribution in [0.15, 0.2) is 18.2 Å². The molecule has 0 saturated heterocycles. The molecule has 1 heterocycles. The van der Waals surface area contributed by atoms with Crippen molar-refractivity contribution in [3.8, 4) is 17.0 Å². The van der Waals surface area contributed by atoms with E-state index in [0.29, 0.717) is 17.9 Å². The summed E-state index contributed by atoms with van der Waals surface area (Å²) in [5.74, 6) is -0.728. The molecule has 0 aliphatic carbocycles. The zero-order valence-corrected chi connectivity index (χ0v) is 11.1. The minimum atomic E-state index is -0.594. The number of carbonyl (C=O) groups excluding carboxylic acids is 1. The Morgan fingerprint density at radius 3 is 2.80 bits per heavy atom. The number of carbonyl (C=O) groups is 1. The van der Waals surface area contributed by atoms with Crippen LogP contribution in [0.25, 0.3) is 11.3 Å². The van der Waals surface area contributed by atoms with Crippen molar-refractivity contribution in [2.75, 3.05) is 13.2 Å². The van der Waals surface area contributed by atoms with E-state index in [9.17, 15) is 9.18 Å². The van der Waals surface area contributed by atoms with Crippen LogP contribution in [0.5, 0.6) is 5.75 Å². The van der Waals surface area contributed by atoms with Crippen LogP contribution in [0, 0.1) is 5.82 Å². The Hall–Kier alpha value is -2.44. The van der Waals surface area contributed by atoms with E-state index >= 15 is 0 Å². The number of H-pyrrole nitrogens is 1. The van der Waals surface area contributed by atoms with Crippen molar-refractivity contribution in [2.24, 2.45) is 0 Å². The molecular formula is C13H14FN3O3. The van der Waals surface area contributed by atoms with Gasteiger partial charge in [0.05, 0.1) is 13.2 Å². The van der Waals surface area contributed by atoms with Gasteiger partial charge in [-0.05, 0) is 26.0 Å². The highest BCUT2D eigenvalue weighted by Gasteiger charge is 2.21. The smallest absolute Gasteiger partial charge is 0.361 e. The van der Waals surface area contributed by atoms with Crippen LogP contribution in [0.2, 0.25) is 0 Å². The minimum absolute atomic E-state index is 0.0411. The van der Waals surface area contributed by atoms with Crippen LogP contribution in [-0.2, 0) is 4.74 Å². The summed E-state index contributed by atoms with van der Waals surface area (Å²) in [6, 6.07) is 3.99. The maximum Gasteiger partial charge on any atom is 0.361 e. The molecule has 106 valence electrons. The summed E-state index contributed by atoms with van der Waals surface area (Å²) in [6.07, 6.45) is 0. The topological polar surface area (TPSA) is 77.1 Å². The third kappa shape index (κ3) is 2.76. The zero-order chi connectivity index (χ0) is 14.5. The number of ether oxygens (including phenoxy) is 2. The fraction of sp³-hybridized carbons (Fsp3) is 0.308. The normalized spacial score (nSPS) is 10.3. The van der Waals surface area contributed by atoms with E-state index < -0.39 is 11.8 Å². The lowest BCUT2D eigenvalue weighted by Gasteiger charge is -2.09. The van der Waals surface area contributed by atoms with Gasteiger partial charge in [-0.3, -0.25) is 0 Å². The number of hydrogen-bond acceptors (Lipinski definition) is 5. The molecule has 0 atom stereocenters. The van der Waals surface area contributed by atoms with E-state index in [0.717, 1.165) is 0 Å². The predicted molar refractivity (Wildman–Crippen MR) is 68.9 cm³/mol. The quantitative estimate of drug-likeness (QED) is 0.849.